The summed E-state index contributed by atoms with van der Waals surface area (Å²) in [6.45, 7) is 4.52. The number of primary amides is 1. The highest BCUT2D eigenvalue weighted by atomic mass is 16.4. The molecule has 0 aromatic rings. The van der Waals surface area contributed by atoms with Gasteiger partial charge in [0.05, 0.1) is 6.04 Å². The van der Waals surface area contributed by atoms with Gasteiger partial charge in [0.15, 0.2) is 0 Å². The molecule has 12 heteroatoms. The van der Waals surface area contributed by atoms with Gasteiger partial charge in [-0.25, -0.2) is 4.79 Å². The molecule has 0 aromatic carbocycles. The molecule has 1 aliphatic heterocycles. The van der Waals surface area contributed by atoms with Gasteiger partial charge in [0, 0.05) is 6.42 Å². The zero-order chi connectivity index (χ0) is 25.0. The van der Waals surface area contributed by atoms with Gasteiger partial charge in [-0.2, -0.15) is 0 Å². The molecule has 4 unspecified atom stereocenters. The van der Waals surface area contributed by atoms with E-state index in [1.54, 1.807) is 13.8 Å². The molecule has 1 fully saturated rings. The van der Waals surface area contributed by atoms with Crippen LogP contribution >= 0.6 is 0 Å². The highest BCUT2D eigenvalue weighted by Crippen LogP contribution is 2.09. The van der Waals surface area contributed by atoms with Crippen LogP contribution in [-0.2, 0) is 24.0 Å². The van der Waals surface area contributed by atoms with E-state index in [1.165, 1.54) is 0 Å². The maximum absolute atomic E-state index is 12.9. The number of nitrogens with two attached hydrogens (primary N) is 2. The minimum absolute atomic E-state index is 0.0249. The van der Waals surface area contributed by atoms with Gasteiger partial charge in [0.1, 0.15) is 18.1 Å². The van der Waals surface area contributed by atoms with E-state index in [-0.39, 0.29) is 31.1 Å². The van der Waals surface area contributed by atoms with Crippen LogP contribution in [0.2, 0.25) is 0 Å². The van der Waals surface area contributed by atoms with Crippen molar-refractivity contribution >= 4 is 29.6 Å². The van der Waals surface area contributed by atoms with Crippen molar-refractivity contribution in [2.45, 2.75) is 83.0 Å². The van der Waals surface area contributed by atoms with Crippen LogP contribution in [0.15, 0.2) is 0 Å². The number of hydrogen-bond donors (Lipinski definition) is 7. The van der Waals surface area contributed by atoms with Crippen molar-refractivity contribution in [2.24, 2.45) is 17.4 Å². The van der Waals surface area contributed by atoms with Crippen LogP contribution in [-0.4, -0.2) is 72.0 Å². The molecule has 1 heterocycles. The molecule has 0 aliphatic carbocycles. The molecule has 0 aromatic heterocycles. The summed E-state index contributed by atoms with van der Waals surface area (Å²) in [5, 5.41) is 20.1. The van der Waals surface area contributed by atoms with Crippen molar-refractivity contribution in [3.8, 4) is 0 Å². The average molecular weight is 471 g/mol. The second-order valence-corrected chi connectivity index (χ2v) is 8.63. The summed E-state index contributed by atoms with van der Waals surface area (Å²) in [7, 11) is 0. The number of carboxylic acids is 1. The Kier molecular flexibility index (Phi) is 12.4. The molecule has 33 heavy (non-hydrogen) atoms. The van der Waals surface area contributed by atoms with Gasteiger partial charge in [0.25, 0.3) is 0 Å². The summed E-state index contributed by atoms with van der Waals surface area (Å²) in [6.07, 6.45) is 2.68. The van der Waals surface area contributed by atoms with Crippen LogP contribution in [0, 0.1) is 5.92 Å². The van der Waals surface area contributed by atoms with Gasteiger partial charge in [-0.15, -0.1) is 0 Å². The Morgan fingerprint density at radius 1 is 1.00 bits per heavy atom. The van der Waals surface area contributed by atoms with Crippen molar-refractivity contribution in [3.63, 3.8) is 0 Å². The molecule has 0 radical (unpaired) electrons. The molecule has 4 amide bonds. The number of rotatable bonds is 15. The standard InChI is InChI=1S/C21H38N6O6/c1-12(2)17(20(31)26-15(21(32)33)6-3-4-10-22)27-19(30)14(8-9-16(23)28)25-18(29)13-7-5-11-24-13/h12-15,17,24H,3-11,22H2,1-2H3,(H2,23,28)(H,25,29)(H,26,31)(H,27,30)(H,32,33). The SMILES string of the molecule is CC(C)C(NC(=O)C(CCC(N)=O)NC(=O)C1CCCN1)C(=O)NC(CCCCN)C(=O)O. The van der Waals surface area contributed by atoms with Gasteiger partial charge < -0.3 is 37.8 Å². The normalized spacial score (nSPS) is 18.2. The summed E-state index contributed by atoms with van der Waals surface area (Å²) in [4.78, 5) is 61.0. The molecule has 1 saturated heterocycles. The number of aliphatic carboxylic acids is 1. The lowest BCUT2D eigenvalue weighted by atomic mass is 10.0. The maximum Gasteiger partial charge on any atom is 0.326 e. The van der Waals surface area contributed by atoms with Gasteiger partial charge in [-0.05, 0) is 57.5 Å². The first-order valence-corrected chi connectivity index (χ1v) is 11.4. The lowest BCUT2D eigenvalue weighted by Gasteiger charge is -2.27. The number of unbranched alkanes of at least 4 members (excludes halogenated alkanes) is 1. The van der Waals surface area contributed by atoms with E-state index in [9.17, 15) is 29.1 Å². The molecule has 1 aliphatic rings. The Morgan fingerprint density at radius 2 is 1.70 bits per heavy atom. The Morgan fingerprint density at radius 3 is 2.21 bits per heavy atom. The first-order chi connectivity index (χ1) is 15.6. The second-order valence-electron chi connectivity index (χ2n) is 8.63. The van der Waals surface area contributed by atoms with E-state index in [0.717, 1.165) is 6.42 Å². The third-order valence-corrected chi connectivity index (χ3v) is 5.50. The molecule has 0 spiro atoms. The molecular weight excluding hydrogens is 432 g/mol. The van der Waals surface area contributed by atoms with E-state index < -0.39 is 47.9 Å². The highest BCUT2D eigenvalue weighted by molar-refractivity contribution is 5.94. The minimum atomic E-state index is -1.18. The second kappa shape index (κ2) is 14.4. The lowest BCUT2D eigenvalue weighted by Crippen LogP contribution is -2.58. The van der Waals surface area contributed by atoms with E-state index in [2.05, 4.69) is 21.3 Å². The van der Waals surface area contributed by atoms with Crippen molar-refractivity contribution in [1.82, 2.24) is 21.3 Å². The lowest BCUT2D eigenvalue weighted by molar-refractivity contribution is -0.142. The Labute approximate surface area is 194 Å². The van der Waals surface area contributed by atoms with Crippen LogP contribution in [0.25, 0.3) is 0 Å². The fourth-order valence-electron chi connectivity index (χ4n) is 3.54. The smallest absolute Gasteiger partial charge is 0.326 e. The Hall–Kier alpha value is -2.73. The van der Waals surface area contributed by atoms with Crippen LogP contribution in [0.4, 0.5) is 0 Å². The number of hydrogen-bond acceptors (Lipinski definition) is 7. The first kappa shape index (κ1) is 28.3. The third-order valence-electron chi connectivity index (χ3n) is 5.50. The first-order valence-electron chi connectivity index (χ1n) is 11.4. The van der Waals surface area contributed by atoms with Crippen LogP contribution in [0.5, 0.6) is 0 Å². The minimum Gasteiger partial charge on any atom is -0.480 e. The largest absolute Gasteiger partial charge is 0.480 e. The molecule has 12 nitrogen and oxygen atoms in total. The number of amides is 4. The maximum atomic E-state index is 12.9. The molecule has 0 bridgehead atoms. The van der Waals surface area contributed by atoms with Crippen molar-refractivity contribution < 1.29 is 29.1 Å². The summed E-state index contributed by atoms with van der Waals surface area (Å²) in [6, 6.07) is -3.64. The van der Waals surface area contributed by atoms with E-state index in [0.29, 0.717) is 32.4 Å². The summed E-state index contributed by atoms with van der Waals surface area (Å²) in [5.74, 6) is -3.82. The van der Waals surface area contributed by atoms with Gasteiger partial charge >= 0.3 is 5.97 Å². The number of nitrogens with one attached hydrogen (secondary N) is 4. The number of carbonyl (C=O) groups excluding carboxylic acids is 4. The zero-order valence-electron chi connectivity index (χ0n) is 19.4. The highest BCUT2D eigenvalue weighted by Gasteiger charge is 2.32. The molecular formula is C21H38N6O6. The Bertz CT molecular complexity index is 695. The monoisotopic (exact) mass is 470 g/mol. The fourth-order valence-corrected chi connectivity index (χ4v) is 3.54. The van der Waals surface area contributed by atoms with Gasteiger partial charge in [-0.3, -0.25) is 19.2 Å². The van der Waals surface area contributed by atoms with Crippen LogP contribution < -0.4 is 32.7 Å². The van der Waals surface area contributed by atoms with Crippen molar-refractivity contribution in [2.75, 3.05) is 13.1 Å². The van der Waals surface area contributed by atoms with E-state index in [1.807, 2.05) is 0 Å². The predicted molar refractivity (Wildman–Crippen MR) is 121 cm³/mol. The summed E-state index contributed by atoms with van der Waals surface area (Å²) in [5.41, 5.74) is 10.6. The third kappa shape index (κ3) is 10.2. The van der Waals surface area contributed by atoms with Crippen LogP contribution in [0.1, 0.15) is 58.8 Å². The number of carboxylic acid groups (broad SMARTS) is 1. The van der Waals surface area contributed by atoms with Crippen molar-refractivity contribution in [3.05, 3.63) is 0 Å². The quantitative estimate of drug-likeness (QED) is 0.137. The fraction of sp³-hybridized carbons (Fsp3) is 0.762. The van der Waals surface area contributed by atoms with Gasteiger partial charge in [0.2, 0.25) is 23.6 Å². The predicted octanol–water partition coefficient (Wildman–Crippen LogP) is -1.67. The Balaban J connectivity index is 2.86. The van der Waals surface area contributed by atoms with Crippen molar-refractivity contribution in [1.29, 1.82) is 0 Å². The van der Waals surface area contributed by atoms with Crippen LogP contribution in [0.3, 0.4) is 0 Å². The molecule has 1 rings (SSSR count). The van der Waals surface area contributed by atoms with Gasteiger partial charge in [-0.1, -0.05) is 13.8 Å². The molecule has 188 valence electrons. The molecule has 0 saturated carbocycles. The summed E-state index contributed by atoms with van der Waals surface area (Å²) < 4.78 is 0. The summed E-state index contributed by atoms with van der Waals surface area (Å²) >= 11 is 0. The number of carbonyl (C=O) groups is 5. The molecule has 4 atom stereocenters. The molecule has 9 N–H and O–H groups in total. The van der Waals surface area contributed by atoms with E-state index >= 15 is 0 Å². The topological polar surface area (TPSA) is 206 Å². The van der Waals surface area contributed by atoms with E-state index in [4.69, 9.17) is 11.5 Å². The zero-order valence-corrected chi connectivity index (χ0v) is 19.4. The average Bonchev–Trinajstić information content (AvgIpc) is 3.28.